The van der Waals surface area contributed by atoms with Crippen molar-refractivity contribution in [3.63, 3.8) is 0 Å². The minimum absolute atomic E-state index is 0. The van der Waals surface area contributed by atoms with E-state index in [9.17, 15) is 5.26 Å². The van der Waals surface area contributed by atoms with Gasteiger partial charge in [0.05, 0.1) is 12.0 Å². The van der Waals surface area contributed by atoms with E-state index in [-0.39, 0.29) is 35.5 Å². The first kappa shape index (κ1) is 13.0. The van der Waals surface area contributed by atoms with Crippen LogP contribution in [0.3, 0.4) is 0 Å². The first-order valence-corrected chi connectivity index (χ1v) is 4.91. The zero-order chi connectivity index (χ0) is 10.5. The fourth-order valence-electron chi connectivity index (χ4n) is 1.63. The molecule has 74 valence electrons. The predicted octanol–water partition coefficient (Wildman–Crippen LogP) is 2.69. The monoisotopic (exact) mass is 217 g/mol. The van der Waals surface area contributed by atoms with E-state index < -0.39 is 0 Å². The fourth-order valence-corrected chi connectivity index (χ4v) is 1.63. The Morgan fingerprint density at radius 2 is 1.12 bits per heavy atom. The van der Waals surface area contributed by atoms with Crippen molar-refractivity contribution in [3.8, 4) is 6.07 Å². The van der Waals surface area contributed by atoms with Crippen LogP contribution in [0.25, 0.3) is 0 Å². The molecular weight excluding hydrogens is 205 g/mol. The molecule has 0 aromatic heterocycles. The number of nitrogens with zero attached hydrogens (tertiary/aromatic N) is 1. The Morgan fingerprint density at radius 1 is 0.750 bits per heavy atom. The number of nitriles is 1. The molecule has 0 radical (unpaired) electrons. The summed E-state index contributed by atoms with van der Waals surface area (Å²) in [4.78, 5) is 0. The molecule has 0 aliphatic rings. The van der Waals surface area contributed by atoms with Gasteiger partial charge in [-0.05, 0) is 11.1 Å². The third-order valence-electron chi connectivity index (χ3n) is 2.39. The van der Waals surface area contributed by atoms with E-state index in [0.29, 0.717) is 0 Å². The van der Waals surface area contributed by atoms with Crippen LogP contribution in [-0.2, 0) is 0 Å². The van der Waals surface area contributed by atoms with Gasteiger partial charge in [0.2, 0.25) is 0 Å². The van der Waals surface area contributed by atoms with E-state index >= 15 is 0 Å². The molecule has 2 rings (SSSR count). The maximum absolute atomic E-state index is 9.18. The molecule has 2 heteroatoms. The molecule has 1 nitrogen and oxygen atoms in total. The summed E-state index contributed by atoms with van der Waals surface area (Å²) in [5, 5.41) is 9.18. The standard InChI is InChI=1S/C14H11N.Na.H/c15-11-14(12-7-3-1-4-8-12)13-9-5-2-6-10-13;;/h1-10,14H;;. The molecule has 0 saturated carbocycles. The number of benzene rings is 2. The first-order valence-electron chi connectivity index (χ1n) is 4.91. The van der Waals surface area contributed by atoms with Crippen LogP contribution >= 0.6 is 0 Å². The normalized spacial score (nSPS) is 9.25. The molecule has 0 aliphatic heterocycles. The number of rotatable bonds is 2. The van der Waals surface area contributed by atoms with Gasteiger partial charge < -0.3 is 0 Å². The van der Waals surface area contributed by atoms with Crippen LogP contribution in [0, 0.1) is 11.3 Å². The van der Waals surface area contributed by atoms with Gasteiger partial charge in [0.25, 0.3) is 0 Å². The Hall–Kier alpha value is -1.07. The van der Waals surface area contributed by atoms with Crippen molar-refractivity contribution in [2.24, 2.45) is 0 Å². The van der Waals surface area contributed by atoms with Crippen molar-refractivity contribution in [1.82, 2.24) is 0 Å². The zero-order valence-electron chi connectivity index (χ0n) is 8.30. The SMILES string of the molecule is N#CC(c1ccccc1)c1ccccc1.[NaH]. The van der Waals surface area contributed by atoms with E-state index in [0.717, 1.165) is 11.1 Å². The van der Waals surface area contributed by atoms with E-state index in [1.807, 2.05) is 60.7 Å². The van der Waals surface area contributed by atoms with Crippen LogP contribution in [0.4, 0.5) is 0 Å². The topological polar surface area (TPSA) is 23.8 Å². The molecule has 0 N–H and O–H groups in total. The van der Waals surface area contributed by atoms with Crippen LogP contribution in [0.2, 0.25) is 0 Å². The van der Waals surface area contributed by atoms with Gasteiger partial charge in [0.15, 0.2) is 0 Å². The third kappa shape index (κ3) is 2.96. The predicted molar refractivity (Wildman–Crippen MR) is 67.5 cm³/mol. The summed E-state index contributed by atoms with van der Waals surface area (Å²) in [5.74, 6) is -0.160. The van der Waals surface area contributed by atoms with Crippen molar-refractivity contribution in [2.45, 2.75) is 5.92 Å². The second kappa shape index (κ2) is 6.50. The minimum atomic E-state index is -0.160. The van der Waals surface area contributed by atoms with Crippen molar-refractivity contribution < 1.29 is 0 Å². The molecule has 0 fully saturated rings. The van der Waals surface area contributed by atoms with Gasteiger partial charge in [-0.1, -0.05) is 60.7 Å². The zero-order valence-corrected chi connectivity index (χ0v) is 8.30. The van der Waals surface area contributed by atoms with Crippen LogP contribution < -0.4 is 0 Å². The molecule has 0 unspecified atom stereocenters. The van der Waals surface area contributed by atoms with Gasteiger partial charge in [-0.2, -0.15) is 5.26 Å². The summed E-state index contributed by atoms with van der Waals surface area (Å²) in [6.07, 6.45) is 0. The molecular formula is C14H12NNa. The Labute approximate surface area is 118 Å². The van der Waals surface area contributed by atoms with Crippen molar-refractivity contribution in [2.75, 3.05) is 0 Å². The van der Waals surface area contributed by atoms with Gasteiger partial charge in [0, 0.05) is 0 Å². The van der Waals surface area contributed by atoms with Gasteiger partial charge in [-0.3, -0.25) is 0 Å². The summed E-state index contributed by atoms with van der Waals surface area (Å²) < 4.78 is 0. The van der Waals surface area contributed by atoms with E-state index in [1.54, 1.807) is 0 Å². The second-order valence-electron chi connectivity index (χ2n) is 3.38. The molecule has 16 heavy (non-hydrogen) atoms. The Bertz CT molecular complexity index is 420. The average molecular weight is 217 g/mol. The van der Waals surface area contributed by atoms with E-state index in [4.69, 9.17) is 0 Å². The van der Waals surface area contributed by atoms with Crippen molar-refractivity contribution in [3.05, 3.63) is 71.8 Å². The van der Waals surface area contributed by atoms with Gasteiger partial charge >= 0.3 is 29.6 Å². The first-order chi connectivity index (χ1) is 7.42. The molecule has 2 aromatic rings. The molecule has 0 atom stereocenters. The summed E-state index contributed by atoms with van der Waals surface area (Å²) in [6.45, 7) is 0. The van der Waals surface area contributed by atoms with Crippen LogP contribution in [0.5, 0.6) is 0 Å². The molecule has 0 amide bonds. The Kier molecular flexibility index (Phi) is 5.28. The molecule has 2 aromatic carbocycles. The van der Waals surface area contributed by atoms with E-state index in [2.05, 4.69) is 6.07 Å². The Morgan fingerprint density at radius 3 is 1.44 bits per heavy atom. The molecule has 0 bridgehead atoms. The number of hydrogen-bond donors (Lipinski definition) is 0. The molecule has 0 saturated heterocycles. The quantitative estimate of drug-likeness (QED) is 0.709. The maximum atomic E-state index is 9.18. The van der Waals surface area contributed by atoms with Crippen molar-refractivity contribution in [1.29, 1.82) is 5.26 Å². The average Bonchev–Trinajstić information content (AvgIpc) is 2.33. The van der Waals surface area contributed by atoms with E-state index in [1.165, 1.54) is 0 Å². The Balaban J connectivity index is 0.00000128. The summed E-state index contributed by atoms with van der Waals surface area (Å²) in [7, 11) is 0. The van der Waals surface area contributed by atoms with Crippen LogP contribution in [0.15, 0.2) is 60.7 Å². The number of hydrogen-bond acceptors (Lipinski definition) is 1. The summed E-state index contributed by atoms with van der Waals surface area (Å²) in [6, 6.07) is 22.0. The van der Waals surface area contributed by atoms with Crippen LogP contribution in [0.1, 0.15) is 17.0 Å². The molecule has 0 spiro atoms. The second-order valence-corrected chi connectivity index (χ2v) is 3.38. The summed E-state index contributed by atoms with van der Waals surface area (Å²) >= 11 is 0. The molecule has 0 heterocycles. The van der Waals surface area contributed by atoms with Gasteiger partial charge in [-0.15, -0.1) is 0 Å². The third-order valence-corrected chi connectivity index (χ3v) is 2.39. The van der Waals surface area contributed by atoms with Gasteiger partial charge in [0.1, 0.15) is 0 Å². The van der Waals surface area contributed by atoms with Gasteiger partial charge in [-0.25, -0.2) is 0 Å². The van der Waals surface area contributed by atoms with Crippen LogP contribution in [-0.4, -0.2) is 29.6 Å². The molecule has 0 aliphatic carbocycles. The fraction of sp³-hybridized carbons (Fsp3) is 0.0714. The van der Waals surface area contributed by atoms with Crippen molar-refractivity contribution >= 4 is 29.6 Å². The summed E-state index contributed by atoms with van der Waals surface area (Å²) in [5.41, 5.74) is 2.09.